The summed E-state index contributed by atoms with van der Waals surface area (Å²) in [5.41, 5.74) is 1.18. The molecule has 3 rings (SSSR count). The van der Waals surface area contributed by atoms with Crippen LogP contribution in [0.5, 0.6) is 11.5 Å². The van der Waals surface area contributed by atoms with E-state index in [1.165, 1.54) is 5.56 Å². The molecule has 1 aromatic rings. The summed E-state index contributed by atoms with van der Waals surface area (Å²) in [7, 11) is 1.73. The van der Waals surface area contributed by atoms with Crippen molar-refractivity contribution < 1.29 is 14.3 Å². The Bertz CT molecular complexity index is 614. The lowest BCUT2D eigenvalue weighted by molar-refractivity contribution is -0.122. The fraction of sp³-hybridized carbons (Fsp3) is 0.529. The molecule has 1 aliphatic heterocycles. The smallest absolute Gasteiger partial charge is 0.231 e. The number of aliphatic imine (C=N–C) groups is 1. The second-order valence-corrected chi connectivity index (χ2v) is 5.93. The van der Waals surface area contributed by atoms with Gasteiger partial charge in [-0.15, -0.1) is 0 Å². The van der Waals surface area contributed by atoms with Crippen molar-refractivity contribution in [2.75, 3.05) is 33.5 Å². The van der Waals surface area contributed by atoms with Crippen LogP contribution in [0.1, 0.15) is 18.4 Å². The third-order valence-electron chi connectivity index (χ3n) is 4.03. The zero-order chi connectivity index (χ0) is 16.8. The maximum absolute atomic E-state index is 11.5. The molecule has 24 heavy (non-hydrogen) atoms. The molecule has 7 heteroatoms. The van der Waals surface area contributed by atoms with Gasteiger partial charge in [0.25, 0.3) is 0 Å². The Kier molecular flexibility index (Phi) is 5.40. The second kappa shape index (κ2) is 7.90. The van der Waals surface area contributed by atoms with Crippen LogP contribution in [0.4, 0.5) is 0 Å². The van der Waals surface area contributed by atoms with Crippen molar-refractivity contribution in [2.45, 2.75) is 19.3 Å². The Balaban J connectivity index is 1.33. The van der Waals surface area contributed by atoms with Crippen LogP contribution in [0.15, 0.2) is 23.2 Å². The minimum absolute atomic E-state index is 0.169. The van der Waals surface area contributed by atoms with Crippen molar-refractivity contribution in [3.05, 3.63) is 23.8 Å². The summed E-state index contributed by atoms with van der Waals surface area (Å²) in [5, 5.41) is 9.37. The lowest BCUT2D eigenvalue weighted by Gasteiger charge is -2.12. The Morgan fingerprint density at radius 2 is 1.88 bits per heavy atom. The number of rotatable bonds is 7. The summed E-state index contributed by atoms with van der Waals surface area (Å²) in [6.07, 6.45) is 2.92. The van der Waals surface area contributed by atoms with Gasteiger partial charge in [-0.3, -0.25) is 9.79 Å². The topological polar surface area (TPSA) is 84.0 Å². The van der Waals surface area contributed by atoms with Gasteiger partial charge in [-0.05, 0) is 37.0 Å². The molecule has 2 aliphatic rings. The second-order valence-electron chi connectivity index (χ2n) is 5.93. The van der Waals surface area contributed by atoms with Gasteiger partial charge < -0.3 is 25.4 Å². The van der Waals surface area contributed by atoms with Gasteiger partial charge in [-0.1, -0.05) is 6.07 Å². The maximum atomic E-state index is 11.5. The van der Waals surface area contributed by atoms with Gasteiger partial charge in [0.2, 0.25) is 12.7 Å². The van der Waals surface area contributed by atoms with E-state index in [1.807, 2.05) is 18.2 Å². The summed E-state index contributed by atoms with van der Waals surface area (Å²) in [5.74, 6) is 2.77. The minimum atomic E-state index is 0.169. The van der Waals surface area contributed by atoms with Gasteiger partial charge in [0, 0.05) is 32.6 Å². The molecular weight excluding hydrogens is 308 g/mol. The summed E-state index contributed by atoms with van der Waals surface area (Å²) >= 11 is 0. The molecule has 0 spiro atoms. The number of nitrogens with one attached hydrogen (secondary N) is 3. The van der Waals surface area contributed by atoms with Crippen LogP contribution in [0.2, 0.25) is 0 Å². The Morgan fingerprint density at radius 1 is 1.12 bits per heavy atom. The molecule has 0 unspecified atom stereocenters. The Labute approximate surface area is 141 Å². The van der Waals surface area contributed by atoms with Crippen molar-refractivity contribution in [2.24, 2.45) is 10.9 Å². The van der Waals surface area contributed by atoms with Crippen LogP contribution in [0, 0.1) is 5.92 Å². The molecule has 0 aromatic heterocycles. The quantitative estimate of drug-likeness (QED) is 0.388. The van der Waals surface area contributed by atoms with E-state index in [2.05, 4.69) is 20.9 Å². The van der Waals surface area contributed by atoms with Crippen LogP contribution in [-0.2, 0) is 11.2 Å². The highest BCUT2D eigenvalue weighted by Gasteiger charge is 2.28. The van der Waals surface area contributed by atoms with E-state index in [4.69, 9.17) is 9.47 Å². The molecule has 0 radical (unpaired) electrons. The molecule has 0 saturated heterocycles. The number of carbonyl (C=O) groups excluding carboxylic acids is 1. The fourth-order valence-corrected chi connectivity index (χ4v) is 2.50. The number of hydrogen-bond acceptors (Lipinski definition) is 4. The van der Waals surface area contributed by atoms with Crippen LogP contribution in [0.25, 0.3) is 0 Å². The van der Waals surface area contributed by atoms with Crippen LogP contribution in [0.3, 0.4) is 0 Å². The largest absolute Gasteiger partial charge is 0.454 e. The molecule has 130 valence electrons. The minimum Gasteiger partial charge on any atom is -0.454 e. The van der Waals surface area contributed by atoms with Gasteiger partial charge in [0.05, 0.1) is 0 Å². The predicted molar refractivity (Wildman–Crippen MR) is 91.4 cm³/mol. The van der Waals surface area contributed by atoms with Crippen molar-refractivity contribution in [1.82, 2.24) is 16.0 Å². The van der Waals surface area contributed by atoms with Crippen LogP contribution >= 0.6 is 0 Å². The molecule has 0 atom stereocenters. The van der Waals surface area contributed by atoms with E-state index in [-0.39, 0.29) is 11.8 Å². The number of nitrogens with zero attached hydrogens (tertiary/aromatic N) is 1. The highest BCUT2D eigenvalue weighted by molar-refractivity contribution is 5.81. The van der Waals surface area contributed by atoms with E-state index >= 15 is 0 Å². The Morgan fingerprint density at radius 3 is 2.67 bits per heavy atom. The summed E-state index contributed by atoms with van der Waals surface area (Å²) in [4.78, 5) is 15.7. The monoisotopic (exact) mass is 332 g/mol. The number of ether oxygens (including phenoxy) is 2. The van der Waals surface area contributed by atoms with E-state index in [0.717, 1.165) is 43.3 Å². The van der Waals surface area contributed by atoms with E-state index in [0.29, 0.717) is 19.9 Å². The molecule has 1 fully saturated rings. The van der Waals surface area contributed by atoms with E-state index in [9.17, 15) is 4.79 Å². The summed E-state index contributed by atoms with van der Waals surface area (Å²) in [6.45, 7) is 2.32. The zero-order valence-corrected chi connectivity index (χ0v) is 13.9. The first-order valence-corrected chi connectivity index (χ1v) is 8.37. The predicted octanol–water partition coefficient (Wildman–Crippen LogP) is 0.649. The Hall–Kier alpha value is -2.44. The number of guanidine groups is 1. The maximum Gasteiger partial charge on any atom is 0.231 e. The number of benzene rings is 1. The first-order chi connectivity index (χ1) is 11.8. The first-order valence-electron chi connectivity index (χ1n) is 8.37. The first kappa shape index (κ1) is 16.4. The molecule has 0 bridgehead atoms. The number of carbonyl (C=O) groups is 1. The van der Waals surface area contributed by atoms with Crippen LogP contribution in [-0.4, -0.2) is 45.3 Å². The molecule has 3 N–H and O–H groups in total. The third-order valence-corrected chi connectivity index (χ3v) is 4.03. The zero-order valence-electron chi connectivity index (χ0n) is 13.9. The van der Waals surface area contributed by atoms with E-state index in [1.54, 1.807) is 7.05 Å². The van der Waals surface area contributed by atoms with Crippen LogP contribution < -0.4 is 25.4 Å². The lowest BCUT2D eigenvalue weighted by Crippen LogP contribution is -2.42. The lowest BCUT2D eigenvalue weighted by atomic mass is 10.1. The average Bonchev–Trinajstić information content (AvgIpc) is 3.35. The number of hydrogen-bond donors (Lipinski definition) is 3. The fourth-order valence-electron chi connectivity index (χ4n) is 2.50. The molecule has 1 amide bonds. The SMILES string of the molecule is CN=C(NCCNC(=O)C1CC1)NCCc1ccc2c(c1)OCO2. The van der Waals surface area contributed by atoms with Crippen molar-refractivity contribution in [1.29, 1.82) is 0 Å². The van der Waals surface area contributed by atoms with Gasteiger partial charge in [-0.25, -0.2) is 0 Å². The molecule has 1 saturated carbocycles. The molecule has 1 aromatic carbocycles. The van der Waals surface area contributed by atoms with Gasteiger partial charge in [0.1, 0.15) is 0 Å². The molecular formula is C17H24N4O3. The molecule has 1 heterocycles. The molecule has 7 nitrogen and oxygen atoms in total. The number of amides is 1. The normalized spacial score (nSPS) is 16.0. The highest BCUT2D eigenvalue weighted by atomic mass is 16.7. The van der Waals surface area contributed by atoms with E-state index < -0.39 is 0 Å². The van der Waals surface area contributed by atoms with Gasteiger partial charge >= 0.3 is 0 Å². The average molecular weight is 332 g/mol. The molecule has 1 aliphatic carbocycles. The summed E-state index contributed by atoms with van der Waals surface area (Å²) < 4.78 is 10.7. The van der Waals surface area contributed by atoms with Crippen molar-refractivity contribution >= 4 is 11.9 Å². The summed E-state index contributed by atoms with van der Waals surface area (Å²) in [6, 6.07) is 5.99. The standard InChI is InChI=1S/C17H24N4O3/c1-18-17(21-9-8-19-16(22)13-3-4-13)20-7-6-12-2-5-14-15(10-12)24-11-23-14/h2,5,10,13H,3-4,6-9,11H2,1H3,(H,19,22)(H2,18,20,21). The number of fused-ring (bicyclic) bond motifs is 1. The van der Waals surface area contributed by atoms with Crippen molar-refractivity contribution in [3.63, 3.8) is 0 Å². The third kappa shape index (κ3) is 4.53. The highest BCUT2D eigenvalue weighted by Crippen LogP contribution is 2.32. The van der Waals surface area contributed by atoms with Crippen molar-refractivity contribution in [3.8, 4) is 11.5 Å². The van der Waals surface area contributed by atoms with Gasteiger partial charge in [-0.2, -0.15) is 0 Å². The van der Waals surface area contributed by atoms with Gasteiger partial charge in [0.15, 0.2) is 17.5 Å².